The molecule has 0 bridgehead atoms. The average Bonchev–Trinajstić information content (AvgIpc) is 2.57. The summed E-state index contributed by atoms with van der Waals surface area (Å²) in [7, 11) is 1.70. The van der Waals surface area contributed by atoms with Crippen LogP contribution in [0.25, 0.3) is 10.1 Å². The van der Waals surface area contributed by atoms with E-state index in [2.05, 4.69) is 44.0 Å². The van der Waals surface area contributed by atoms with Crippen molar-refractivity contribution in [3.63, 3.8) is 0 Å². The summed E-state index contributed by atoms with van der Waals surface area (Å²) in [5, 5.41) is 2.13. The van der Waals surface area contributed by atoms with Gasteiger partial charge in [-0.15, -0.1) is 11.3 Å². The molecule has 1 heterocycles. The molecule has 0 saturated heterocycles. The maximum atomic E-state index is 5.31. The van der Waals surface area contributed by atoms with E-state index in [4.69, 9.17) is 4.74 Å². The molecule has 4 heteroatoms. The second-order valence-corrected chi connectivity index (χ2v) is 5.85. The van der Waals surface area contributed by atoms with Crippen molar-refractivity contribution in [2.75, 3.05) is 7.11 Å². The summed E-state index contributed by atoms with van der Waals surface area (Å²) in [6, 6.07) is 6.25. The maximum absolute atomic E-state index is 5.31. The summed E-state index contributed by atoms with van der Waals surface area (Å²) in [6.45, 7) is 0. The molecule has 1 aromatic heterocycles. The summed E-state index contributed by atoms with van der Waals surface area (Å²) in [4.78, 5) is 0. The van der Waals surface area contributed by atoms with Crippen molar-refractivity contribution in [3.8, 4) is 5.75 Å². The van der Waals surface area contributed by atoms with E-state index in [0.717, 1.165) is 14.9 Å². The van der Waals surface area contributed by atoms with Gasteiger partial charge in [0.05, 0.1) is 15.6 Å². The van der Waals surface area contributed by atoms with Crippen molar-refractivity contribution < 1.29 is 4.74 Å². The molecule has 0 radical (unpaired) electrons. The van der Waals surface area contributed by atoms with E-state index in [1.165, 1.54) is 15.6 Å². The number of halogens is 2. The van der Waals surface area contributed by atoms with E-state index < -0.39 is 0 Å². The molecule has 0 aliphatic heterocycles. The number of methoxy groups -OCH3 is 1. The smallest absolute Gasteiger partial charge is 0.136 e. The third-order valence-corrected chi connectivity index (χ3v) is 4.33. The predicted molar refractivity (Wildman–Crippen MR) is 68.7 cm³/mol. The highest BCUT2D eigenvalue weighted by Gasteiger charge is 2.09. The number of hydrogen-bond donors (Lipinski definition) is 0. The minimum absolute atomic E-state index is 0.872. The van der Waals surface area contributed by atoms with Crippen molar-refractivity contribution >= 4 is 53.3 Å². The number of thiophene rings is 1. The van der Waals surface area contributed by atoms with Crippen LogP contribution < -0.4 is 4.74 Å². The molecule has 2 rings (SSSR count). The van der Waals surface area contributed by atoms with Gasteiger partial charge in [-0.25, -0.2) is 0 Å². The van der Waals surface area contributed by atoms with Crippen LogP contribution in [0.1, 0.15) is 5.56 Å². The van der Waals surface area contributed by atoms with Gasteiger partial charge in [-0.1, -0.05) is 22.0 Å². The van der Waals surface area contributed by atoms with Crippen molar-refractivity contribution in [1.29, 1.82) is 0 Å². The fraction of sp³-hybridized carbons (Fsp3) is 0.200. The van der Waals surface area contributed by atoms with Crippen LogP contribution in [0, 0.1) is 0 Å². The van der Waals surface area contributed by atoms with Crippen molar-refractivity contribution in [2.45, 2.75) is 5.33 Å². The van der Waals surface area contributed by atoms with E-state index in [0.29, 0.717) is 0 Å². The van der Waals surface area contributed by atoms with Gasteiger partial charge < -0.3 is 4.74 Å². The topological polar surface area (TPSA) is 9.23 Å². The molecule has 0 saturated carbocycles. The van der Waals surface area contributed by atoms with Gasteiger partial charge in [-0.3, -0.25) is 0 Å². The van der Waals surface area contributed by atoms with Gasteiger partial charge in [0.25, 0.3) is 0 Å². The second kappa shape index (κ2) is 4.21. The van der Waals surface area contributed by atoms with Crippen molar-refractivity contribution in [3.05, 3.63) is 27.5 Å². The first kappa shape index (κ1) is 10.5. The Morgan fingerprint density at radius 3 is 2.86 bits per heavy atom. The summed E-state index contributed by atoms with van der Waals surface area (Å²) in [5.41, 5.74) is 1.29. The largest absolute Gasteiger partial charge is 0.495 e. The number of alkyl halides is 1. The summed E-state index contributed by atoms with van der Waals surface area (Å²) >= 11 is 8.69. The van der Waals surface area contributed by atoms with Crippen LogP contribution in [-0.4, -0.2) is 7.11 Å². The van der Waals surface area contributed by atoms with Crippen molar-refractivity contribution in [2.24, 2.45) is 0 Å². The number of fused-ring (bicyclic) bond motifs is 1. The van der Waals surface area contributed by atoms with Gasteiger partial charge in [-0.05, 0) is 33.6 Å². The molecule has 1 aromatic carbocycles. The average molecular weight is 336 g/mol. The molecule has 0 unspecified atom stereocenters. The highest BCUT2D eigenvalue weighted by atomic mass is 79.9. The lowest BCUT2D eigenvalue weighted by atomic mass is 10.1. The van der Waals surface area contributed by atoms with E-state index in [1.54, 1.807) is 18.4 Å². The zero-order chi connectivity index (χ0) is 10.1. The van der Waals surface area contributed by atoms with Crippen LogP contribution in [-0.2, 0) is 5.33 Å². The third-order valence-electron chi connectivity index (χ3n) is 2.07. The fourth-order valence-corrected chi connectivity index (χ4v) is 3.53. The zero-order valence-corrected chi connectivity index (χ0v) is 11.5. The van der Waals surface area contributed by atoms with Gasteiger partial charge in [0.15, 0.2) is 0 Å². The minimum Gasteiger partial charge on any atom is -0.495 e. The van der Waals surface area contributed by atoms with E-state index in [-0.39, 0.29) is 0 Å². The predicted octanol–water partition coefficient (Wildman–Crippen LogP) is 4.57. The monoisotopic (exact) mass is 334 g/mol. The lowest BCUT2D eigenvalue weighted by molar-refractivity contribution is 0.420. The number of rotatable bonds is 2. The van der Waals surface area contributed by atoms with Crippen LogP contribution in [0.4, 0.5) is 0 Å². The quantitative estimate of drug-likeness (QED) is 0.730. The molecule has 0 amide bonds. The Morgan fingerprint density at radius 2 is 2.21 bits per heavy atom. The van der Waals surface area contributed by atoms with Crippen LogP contribution in [0.15, 0.2) is 22.0 Å². The second-order valence-electron chi connectivity index (χ2n) is 2.85. The lowest BCUT2D eigenvalue weighted by Crippen LogP contribution is -1.84. The van der Waals surface area contributed by atoms with E-state index in [1.807, 2.05) is 6.07 Å². The Kier molecular flexibility index (Phi) is 3.14. The summed E-state index contributed by atoms with van der Waals surface area (Å²) in [5.74, 6) is 0.945. The Hall–Kier alpha value is -0.0600. The molecular weight excluding hydrogens is 328 g/mol. The van der Waals surface area contributed by atoms with E-state index in [9.17, 15) is 0 Å². The Morgan fingerprint density at radius 1 is 1.43 bits per heavy atom. The van der Waals surface area contributed by atoms with Gasteiger partial charge in [0, 0.05) is 10.7 Å². The normalized spacial score (nSPS) is 10.8. The minimum atomic E-state index is 0.872. The zero-order valence-electron chi connectivity index (χ0n) is 7.51. The molecule has 0 atom stereocenters. The van der Waals surface area contributed by atoms with Crippen LogP contribution in [0.5, 0.6) is 5.75 Å². The highest BCUT2D eigenvalue weighted by Crippen LogP contribution is 2.38. The first-order valence-corrected chi connectivity index (χ1v) is 6.80. The van der Waals surface area contributed by atoms with Crippen molar-refractivity contribution in [1.82, 2.24) is 0 Å². The molecule has 74 valence electrons. The lowest BCUT2D eigenvalue weighted by Gasteiger charge is -2.03. The fourth-order valence-electron chi connectivity index (χ4n) is 1.40. The van der Waals surface area contributed by atoms with Gasteiger partial charge in [-0.2, -0.15) is 0 Å². The molecule has 14 heavy (non-hydrogen) atoms. The molecule has 1 nitrogen and oxygen atoms in total. The molecule has 0 N–H and O–H groups in total. The molecule has 2 aromatic rings. The Bertz CT molecular complexity index is 423. The number of ether oxygens (including phenoxy) is 1. The number of hydrogen-bond acceptors (Lipinski definition) is 2. The first-order chi connectivity index (χ1) is 6.76. The highest BCUT2D eigenvalue weighted by molar-refractivity contribution is 9.11. The van der Waals surface area contributed by atoms with Crippen LogP contribution in [0.3, 0.4) is 0 Å². The Labute approximate surface area is 103 Å². The Balaban J connectivity index is 2.77. The maximum Gasteiger partial charge on any atom is 0.136 e. The molecule has 0 aliphatic rings. The third kappa shape index (κ3) is 1.71. The molecule has 0 spiro atoms. The standard InChI is InChI=1S/C10H8Br2OS/c1-13-8-3-2-6(5-11)7-4-9(12)14-10(7)8/h2-4H,5H2,1H3. The van der Waals surface area contributed by atoms with Crippen LogP contribution in [0.2, 0.25) is 0 Å². The summed E-state index contributed by atoms with van der Waals surface area (Å²) in [6.07, 6.45) is 0. The summed E-state index contributed by atoms with van der Waals surface area (Å²) < 4.78 is 7.66. The van der Waals surface area contributed by atoms with Gasteiger partial charge in [0.2, 0.25) is 0 Å². The first-order valence-electron chi connectivity index (χ1n) is 4.07. The SMILES string of the molecule is COc1ccc(CBr)c2cc(Br)sc12. The van der Waals surface area contributed by atoms with Gasteiger partial charge in [0.1, 0.15) is 5.75 Å². The van der Waals surface area contributed by atoms with Gasteiger partial charge >= 0.3 is 0 Å². The number of benzene rings is 1. The molecule has 0 fully saturated rings. The van der Waals surface area contributed by atoms with E-state index >= 15 is 0 Å². The molecule has 0 aliphatic carbocycles. The molecular formula is C10H8Br2OS. The van der Waals surface area contributed by atoms with Crippen LogP contribution >= 0.6 is 43.2 Å².